The summed E-state index contributed by atoms with van der Waals surface area (Å²) < 4.78 is 14.3. The quantitative estimate of drug-likeness (QED) is 0.0519. The Morgan fingerprint density at radius 3 is 2.62 bits per heavy atom. The summed E-state index contributed by atoms with van der Waals surface area (Å²) >= 11 is 2.17. The van der Waals surface area contributed by atoms with Crippen LogP contribution in [-0.2, 0) is 32.4 Å². The number of rotatable bonds is 10. The molecule has 48 heavy (non-hydrogen) atoms. The lowest BCUT2D eigenvalue weighted by Crippen LogP contribution is -2.71. The lowest BCUT2D eigenvalue weighted by atomic mass is 10.0. The van der Waals surface area contributed by atoms with Crippen LogP contribution in [-0.4, -0.2) is 96.3 Å². The molecule has 0 bridgehead atoms. The number of carboxylic acids is 1. The number of phenolic OH excluding ortho intramolecular Hbond substituents is 4. The number of nitrogens with one attached hydrogen (secondary N) is 1. The van der Waals surface area contributed by atoms with Gasteiger partial charge in [0.25, 0.3) is 11.8 Å². The third-order valence-electron chi connectivity index (χ3n) is 7.09. The third kappa shape index (κ3) is 5.98. The van der Waals surface area contributed by atoms with Crippen LogP contribution in [0.4, 0.5) is 9.52 Å². The summed E-state index contributed by atoms with van der Waals surface area (Å²) in [6.07, 6.45) is 0. The van der Waals surface area contributed by atoms with Crippen molar-refractivity contribution in [3.63, 3.8) is 0 Å². The fourth-order valence-electron chi connectivity index (χ4n) is 4.75. The number of thioether (sulfide) groups is 1. The Labute approximate surface area is 275 Å². The average molecular weight is 700 g/mol. The molecule has 2 aliphatic rings. The molecule has 1 fully saturated rings. The van der Waals surface area contributed by atoms with Gasteiger partial charge in [-0.2, -0.15) is 4.80 Å². The first-order valence-electron chi connectivity index (χ1n) is 13.5. The van der Waals surface area contributed by atoms with Crippen molar-refractivity contribution in [1.82, 2.24) is 35.4 Å². The second-order valence-electron chi connectivity index (χ2n) is 10.2. The number of benzene rings is 2. The predicted octanol–water partition coefficient (Wildman–Crippen LogP) is 0.700. The number of thiazole rings is 1. The van der Waals surface area contributed by atoms with E-state index >= 15 is 0 Å². The summed E-state index contributed by atoms with van der Waals surface area (Å²) in [6, 6.07) is 4.96. The molecule has 2 aromatic heterocycles. The molecule has 2 aromatic carbocycles. The van der Waals surface area contributed by atoms with Gasteiger partial charge in [-0.25, -0.2) is 14.2 Å². The maximum Gasteiger partial charge on any atom is 0.352 e. The molecule has 18 nitrogen and oxygen atoms in total. The van der Waals surface area contributed by atoms with Gasteiger partial charge < -0.3 is 41.4 Å². The lowest BCUT2D eigenvalue weighted by Gasteiger charge is -2.49. The predicted molar refractivity (Wildman–Crippen MR) is 164 cm³/mol. The van der Waals surface area contributed by atoms with Crippen LogP contribution in [0.1, 0.15) is 11.3 Å². The number of anilines is 1. The molecule has 6 rings (SSSR count). The summed E-state index contributed by atoms with van der Waals surface area (Å²) in [6.45, 7) is -0.697. The molecule has 0 aliphatic carbocycles. The second-order valence-corrected chi connectivity index (χ2v) is 12.2. The number of aromatic hydroxyl groups is 4. The summed E-state index contributed by atoms with van der Waals surface area (Å²) in [7, 11) is 0. The van der Waals surface area contributed by atoms with Crippen molar-refractivity contribution in [1.29, 1.82) is 0 Å². The highest BCUT2D eigenvalue weighted by atomic mass is 32.2. The molecule has 4 aromatic rings. The van der Waals surface area contributed by atoms with Crippen LogP contribution >= 0.6 is 23.1 Å². The summed E-state index contributed by atoms with van der Waals surface area (Å²) in [4.78, 5) is 50.3. The molecule has 2 atom stereocenters. The molecule has 0 unspecified atom stereocenters. The van der Waals surface area contributed by atoms with Gasteiger partial charge in [0.05, 0.1) is 6.54 Å². The van der Waals surface area contributed by atoms with Crippen molar-refractivity contribution >= 4 is 51.7 Å². The highest BCUT2D eigenvalue weighted by molar-refractivity contribution is 8.00. The Hall–Kier alpha value is -5.96. The van der Waals surface area contributed by atoms with Gasteiger partial charge in [0.15, 0.2) is 39.7 Å². The molecule has 1 saturated heterocycles. The second kappa shape index (κ2) is 12.7. The molecule has 4 heterocycles. The Morgan fingerprint density at radius 1 is 1.15 bits per heavy atom. The van der Waals surface area contributed by atoms with Crippen LogP contribution in [0.25, 0.3) is 11.4 Å². The Kier molecular flexibility index (Phi) is 8.45. The van der Waals surface area contributed by atoms with Gasteiger partial charge in [-0.3, -0.25) is 14.5 Å². The van der Waals surface area contributed by atoms with E-state index in [9.17, 15) is 44.3 Å². The van der Waals surface area contributed by atoms with Crippen molar-refractivity contribution in [2.24, 2.45) is 5.16 Å². The van der Waals surface area contributed by atoms with Gasteiger partial charge in [-0.1, -0.05) is 5.16 Å². The number of amides is 2. The van der Waals surface area contributed by atoms with Crippen LogP contribution in [0.3, 0.4) is 0 Å². The Morgan fingerprint density at radius 2 is 1.92 bits per heavy atom. The molecular weight excluding hydrogens is 677 g/mol. The maximum absolute atomic E-state index is 14.3. The molecular formula is C27H22FN9O9S2. The van der Waals surface area contributed by atoms with E-state index in [1.54, 1.807) is 0 Å². The molecule has 0 saturated carbocycles. The monoisotopic (exact) mass is 699 g/mol. The van der Waals surface area contributed by atoms with Gasteiger partial charge in [0.2, 0.25) is 5.82 Å². The van der Waals surface area contributed by atoms with Crippen molar-refractivity contribution in [3.8, 4) is 34.4 Å². The first-order chi connectivity index (χ1) is 22.9. The minimum atomic E-state index is -1.39. The number of aliphatic carboxylic acids is 1. The van der Waals surface area contributed by atoms with Gasteiger partial charge in [0, 0.05) is 22.3 Å². The number of nitrogen functional groups attached to an aromatic ring is 1. The number of aromatic nitrogens is 5. The highest BCUT2D eigenvalue weighted by Gasteiger charge is 2.54. The fourth-order valence-corrected chi connectivity index (χ4v) is 6.63. The summed E-state index contributed by atoms with van der Waals surface area (Å²) in [5.74, 6) is -6.35. The number of hydrogen-bond acceptors (Lipinski definition) is 16. The molecule has 0 radical (unpaired) electrons. The average Bonchev–Trinajstić information content (AvgIpc) is 3.71. The number of carbonyl (C=O) groups excluding carboxylic acids is 2. The number of nitrogens with zero attached hydrogens (tertiary/aromatic N) is 7. The largest absolute Gasteiger partial charge is 0.504 e. The van der Waals surface area contributed by atoms with E-state index in [1.807, 2.05) is 0 Å². The van der Waals surface area contributed by atoms with E-state index in [0.29, 0.717) is 11.1 Å². The Bertz CT molecular complexity index is 2030. The van der Waals surface area contributed by atoms with Crippen molar-refractivity contribution in [2.75, 3.05) is 11.5 Å². The normalized spacial score (nSPS) is 17.6. The van der Waals surface area contributed by atoms with Crippen LogP contribution in [0.15, 0.2) is 52.1 Å². The zero-order chi connectivity index (χ0) is 34.3. The number of fused-ring (bicyclic) bond motifs is 1. The molecule has 0 spiro atoms. The minimum Gasteiger partial charge on any atom is -0.504 e. The zero-order valence-corrected chi connectivity index (χ0v) is 25.6. The van der Waals surface area contributed by atoms with Crippen molar-refractivity contribution < 1.29 is 49.1 Å². The fraction of sp³-hybridized carbons (Fsp3) is 0.185. The van der Waals surface area contributed by atoms with E-state index in [0.717, 1.165) is 33.2 Å². The molecule has 8 N–H and O–H groups in total. The van der Waals surface area contributed by atoms with Gasteiger partial charge in [0.1, 0.15) is 29.4 Å². The molecule has 2 amide bonds. The first kappa shape index (κ1) is 32.0. The van der Waals surface area contributed by atoms with E-state index < -0.39 is 58.8 Å². The zero-order valence-electron chi connectivity index (χ0n) is 24.0. The van der Waals surface area contributed by atoms with E-state index in [1.165, 1.54) is 35.3 Å². The lowest BCUT2D eigenvalue weighted by molar-refractivity contribution is -0.150. The van der Waals surface area contributed by atoms with Crippen LogP contribution in [0.5, 0.6) is 23.0 Å². The number of nitrogens with two attached hydrogens (primary N) is 1. The summed E-state index contributed by atoms with van der Waals surface area (Å²) in [5.41, 5.74) is 5.43. The number of oxime groups is 1. The first-order valence-corrected chi connectivity index (χ1v) is 15.5. The summed E-state index contributed by atoms with van der Waals surface area (Å²) in [5, 5.41) is 67.4. The van der Waals surface area contributed by atoms with E-state index in [2.05, 4.69) is 30.9 Å². The number of hydrogen-bond donors (Lipinski definition) is 7. The van der Waals surface area contributed by atoms with Gasteiger partial charge >= 0.3 is 5.97 Å². The number of carbonyl (C=O) groups is 3. The number of β-lactam (4-membered cyclic amide) rings is 1. The van der Waals surface area contributed by atoms with Gasteiger partial charge in [-0.15, -0.1) is 33.3 Å². The number of halogens is 1. The Balaban J connectivity index is 1.17. The van der Waals surface area contributed by atoms with E-state index in [4.69, 9.17) is 10.6 Å². The molecule has 21 heteroatoms. The standard InChI is InChI=1S/C27H22FN9O9S2/c28-17-11(2-4-15(39)21(17)41)7-46-34-18(13-9-48-27(29)30-13)23(42)31-19-24(43)37-20(26(44)45)12(8-47-25(19)37)6-36-33-22(32-35-36)10-1-3-14(38)16(40)5-10/h1-5,9,19,25,38-41H,6-8H2,(H2,29,30)(H,31,42)(H,44,45)/t19-,25-/m1/s1. The smallest absolute Gasteiger partial charge is 0.352 e. The van der Waals surface area contributed by atoms with Crippen molar-refractivity contribution in [2.45, 2.75) is 24.6 Å². The minimum absolute atomic E-state index is 0.0143. The highest BCUT2D eigenvalue weighted by Crippen LogP contribution is 2.41. The number of phenols is 4. The SMILES string of the molecule is Nc1nc(C(=NOCc2ccc(O)c(O)c2F)C(=O)N[C@@H]2C(=O)N3C(C(=O)O)=C(Cn4nnc(-c5ccc(O)c(O)c5)n4)CS[C@H]23)cs1. The van der Waals surface area contributed by atoms with Crippen molar-refractivity contribution in [3.05, 3.63) is 64.1 Å². The molecule has 248 valence electrons. The van der Waals surface area contributed by atoms with Crippen LogP contribution in [0, 0.1) is 5.82 Å². The molecule has 2 aliphatic heterocycles. The maximum atomic E-state index is 14.3. The van der Waals surface area contributed by atoms with Crippen LogP contribution < -0.4 is 11.1 Å². The van der Waals surface area contributed by atoms with E-state index in [-0.39, 0.29) is 51.7 Å². The third-order valence-corrected chi connectivity index (χ3v) is 9.10. The topological polar surface area (TPSA) is 272 Å². The number of tetrazole rings is 1. The number of carboxylic acid groups (broad SMARTS) is 1. The van der Waals surface area contributed by atoms with Gasteiger partial charge in [-0.05, 0) is 41.1 Å². The van der Waals surface area contributed by atoms with Crippen LogP contribution in [0.2, 0.25) is 0 Å².